The first kappa shape index (κ1) is 15.9. The molecule has 0 aliphatic carbocycles. The van der Waals surface area contributed by atoms with Gasteiger partial charge in [-0.2, -0.15) is 4.98 Å². The molecule has 5 heterocycles. The molecule has 27 heavy (non-hydrogen) atoms. The Hall–Kier alpha value is -3.36. The van der Waals surface area contributed by atoms with Gasteiger partial charge in [0.25, 0.3) is 11.7 Å². The van der Waals surface area contributed by atoms with Crippen molar-refractivity contribution in [2.45, 2.75) is 32.7 Å². The number of nitrogens with zero attached hydrogens (tertiary/aromatic N) is 8. The predicted molar refractivity (Wildman–Crippen MR) is 96.3 cm³/mol. The van der Waals surface area contributed by atoms with E-state index >= 15 is 0 Å². The van der Waals surface area contributed by atoms with Crippen molar-refractivity contribution in [3.05, 3.63) is 53.5 Å². The Morgan fingerprint density at radius 1 is 1.19 bits per heavy atom. The van der Waals surface area contributed by atoms with Gasteiger partial charge in [0.15, 0.2) is 11.5 Å². The van der Waals surface area contributed by atoms with E-state index in [1.165, 1.54) is 0 Å². The van der Waals surface area contributed by atoms with Crippen molar-refractivity contribution in [1.29, 1.82) is 0 Å². The highest BCUT2D eigenvalue weighted by atomic mass is 16.2. The number of hydrogen-bond donors (Lipinski definition) is 0. The quantitative estimate of drug-likeness (QED) is 0.539. The molecule has 1 saturated heterocycles. The summed E-state index contributed by atoms with van der Waals surface area (Å²) in [4.78, 5) is 23.7. The molecule has 0 spiro atoms. The van der Waals surface area contributed by atoms with Crippen LogP contribution in [0.15, 0.2) is 30.5 Å². The van der Waals surface area contributed by atoms with E-state index in [9.17, 15) is 4.79 Å². The van der Waals surface area contributed by atoms with Crippen LogP contribution in [0.2, 0.25) is 0 Å². The maximum Gasteiger partial charge on any atom is 0.294 e. The third kappa shape index (κ3) is 2.46. The molecule has 136 valence electrons. The minimum Gasteiger partial charge on any atom is -0.326 e. The molecule has 1 aliphatic rings. The molecule has 0 saturated carbocycles. The van der Waals surface area contributed by atoms with Crippen molar-refractivity contribution < 1.29 is 4.79 Å². The second-order valence-corrected chi connectivity index (χ2v) is 6.83. The van der Waals surface area contributed by atoms with E-state index in [4.69, 9.17) is 0 Å². The topological polar surface area (TPSA) is 93.6 Å². The minimum atomic E-state index is -0.201. The van der Waals surface area contributed by atoms with Crippen LogP contribution in [-0.2, 0) is 0 Å². The van der Waals surface area contributed by atoms with Crippen LogP contribution in [-0.4, -0.2) is 51.5 Å². The van der Waals surface area contributed by atoms with E-state index < -0.39 is 0 Å². The van der Waals surface area contributed by atoms with E-state index in [2.05, 4.69) is 25.3 Å². The zero-order valence-corrected chi connectivity index (χ0v) is 15.1. The molecule has 1 amide bonds. The van der Waals surface area contributed by atoms with Gasteiger partial charge in [0, 0.05) is 24.1 Å². The monoisotopic (exact) mass is 362 g/mol. The summed E-state index contributed by atoms with van der Waals surface area (Å²) in [5.74, 6) is 1.18. The van der Waals surface area contributed by atoms with Gasteiger partial charge in [0.05, 0.1) is 6.04 Å². The lowest BCUT2D eigenvalue weighted by Crippen LogP contribution is -2.32. The lowest BCUT2D eigenvalue weighted by atomic mass is 10.2. The van der Waals surface area contributed by atoms with Crippen molar-refractivity contribution in [2.75, 3.05) is 6.54 Å². The summed E-state index contributed by atoms with van der Waals surface area (Å²) >= 11 is 0. The van der Waals surface area contributed by atoms with Crippen LogP contribution in [0.4, 0.5) is 0 Å². The van der Waals surface area contributed by atoms with Gasteiger partial charge in [-0.15, -0.1) is 15.3 Å². The van der Waals surface area contributed by atoms with E-state index in [1.54, 1.807) is 9.42 Å². The summed E-state index contributed by atoms with van der Waals surface area (Å²) in [6.07, 6.45) is 3.66. The van der Waals surface area contributed by atoms with Crippen LogP contribution in [0.25, 0.3) is 11.4 Å². The van der Waals surface area contributed by atoms with Gasteiger partial charge in [0.2, 0.25) is 5.82 Å². The fourth-order valence-electron chi connectivity index (χ4n) is 3.75. The maximum absolute atomic E-state index is 13.2. The van der Waals surface area contributed by atoms with Crippen LogP contribution in [0.1, 0.15) is 46.7 Å². The molecule has 1 fully saturated rings. The van der Waals surface area contributed by atoms with Gasteiger partial charge in [0.1, 0.15) is 0 Å². The average Bonchev–Trinajstić information content (AvgIpc) is 3.38. The van der Waals surface area contributed by atoms with Crippen molar-refractivity contribution in [3.63, 3.8) is 0 Å². The van der Waals surface area contributed by atoms with Gasteiger partial charge in [-0.3, -0.25) is 9.20 Å². The van der Waals surface area contributed by atoms with Gasteiger partial charge < -0.3 is 4.90 Å². The highest BCUT2D eigenvalue weighted by molar-refractivity contribution is 5.91. The number of likely N-dealkylation sites (tertiary alicyclic amines) is 1. The standard InChI is InChI=1S/C18H18N8O/c1-11-10-12(2)26-18(19-11)20-15(23-26)17(27)24-9-5-6-13(24)16-22-21-14-7-3-4-8-25(14)16/h3-4,7-8,10,13H,5-6,9H2,1-2H3/t13-/m0/s1. The minimum absolute atomic E-state index is 0.141. The Bertz CT molecular complexity index is 1180. The molecule has 5 rings (SSSR count). The first-order valence-electron chi connectivity index (χ1n) is 8.93. The second-order valence-electron chi connectivity index (χ2n) is 6.83. The summed E-state index contributed by atoms with van der Waals surface area (Å²) in [5.41, 5.74) is 2.51. The van der Waals surface area contributed by atoms with E-state index in [0.29, 0.717) is 12.3 Å². The lowest BCUT2D eigenvalue weighted by Gasteiger charge is -2.22. The number of hydrogen-bond acceptors (Lipinski definition) is 6. The average molecular weight is 362 g/mol. The number of aromatic nitrogens is 7. The van der Waals surface area contributed by atoms with Crippen molar-refractivity contribution in [3.8, 4) is 0 Å². The zero-order valence-electron chi connectivity index (χ0n) is 15.1. The van der Waals surface area contributed by atoms with E-state index in [0.717, 1.165) is 35.7 Å². The normalized spacial score (nSPS) is 17.3. The smallest absolute Gasteiger partial charge is 0.294 e. The highest BCUT2D eigenvalue weighted by Crippen LogP contribution is 2.32. The van der Waals surface area contributed by atoms with Crippen LogP contribution in [0.5, 0.6) is 0 Å². The fourth-order valence-corrected chi connectivity index (χ4v) is 3.75. The third-order valence-corrected chi connectivity index (χ3v) is 4.96. The number of carbonyl (C=O) groups excluding carboxylic acids is 1. The van der Waals surface area contributed by atoms with Crippen LogP contribution in [0, 0.1) is 13.8 Å². The van der Waals surface area contributed by atoms with Crippen LogP contribution in [0.3, 0.4) is 0 Å². The molecule has 0 aromatic carbocycles. The molecule has 9 heteroatoms. The number of aryl methyl sites for hydroxylation is 2. The maximum atomic E-state index is 13.2. The molecular weight excluding hydrogens is 344 g/mol. The third-order valence-electron chi connectivity index (χ3n) is 4.96. The number of fused-ring (bicyclic) bond motifs is 2. The van der Waals surface area contributed by atoms with Crippen LogP contribution >= 0.6 is 0 Å². The molecule has 4 aromatic rings. The Kier molecular flexibility index (Phi) is 3.43. The predicted octanol–water partition coefficient (Wildman–Crippen LogP) is 1.76. The summed E-state index contributed by atoms with van der Waals surface area (Å²) in [5, 5.41) is 12.9. The first-order valence-corrected chi connectivity index (χ1v) is 8.93. The lowest BCUT2D eigenvalue weighted by molar-refractivity contribution is 0.0717. The van der Waals surface area contributed by atoms with E-state index in [1.807, 2.05) is 48.7 Å². The van der Waals surface area contributed by atoms with Crippen molar-refractivity contribution >= 4 is 17.3 Å². The van der Waals surface area contributed by atoms with Gasteiger partial charge in [-0.1, -0.05) is 6.07 Å². The molecule has 1 aliphatic heterocycles. The molecule has 0 unspecified atom stereocenters. The summed E-state index contributed by atoms with van der Waals surface area (Å²) < 4.78 is 3.54. The largest absolute Gasteiger partial charge is 0.326 e. The molecule has 9 nitrogen and oxygen atoms in total. The van der Waals surface area contributed by atoms with Gasteiger partial charge in [-0.25, -0.2) is 9.50 Å². The molecule has 1 atom stereocenters. The summed E-state index contributed by atoms with van der Waals surface area (Å²) in [6, 6.07) is 7.52. The van der Waals surface area contributed by atoms with Gasteiger partial charge >= 0.3 is 0 Å². The summed E-state index contributed by atoms with van der Waals surface area (Å²) in [7, 11) is 0. The zero-order chi connectivity index (χ0) is 18.5. The van der Waals surface area contributed by atoms with E-state index in [-0.39, 0.29) is 17.8 Å². The van der Waals surface area contributed by atoms with Crippen LogP contribution < -0.4 is 0 Å². The molecule has 0 radical (unpaired) electrons. The Morgan fingerprint density at radius 3 is 2.96 bits per heavy atom. The Labute approximate surface area is 154 Å². The Morgan fingerprint density at radius 2 is 2.07 bits per heavy atom. The Balaban J connectivity index is 1.53. The fraction of sp³-hybridized carbons (Fsp3) is 0.333. The van der Waals surface area contributed by atoms with Gasteiger partial charge in [-0.05, 0) is 44.9 Å². The second kappa shape index (κ2) is 5.83. The van der Waals surface area contributed by atoms with Crippen molar-refractivity contribution in [1.82, 2.24) is 39.1 Å². The van der Waals surface area contributed by atoms with Crippen molar-refractivity contribution in [2.24, 2.45) is 0 Å². The number of carbonyl (C=O) groups is 1. The number of amides is 1. The first-order chi connectivity index (χ1) is 13.1. The molecule has 0 N–H and O–H groups in total. The summed E-state index contributed by atoms with van der Waals surface area (Å²) in [6.45, 7) is 4.47. The molecular formula is C18H18N8O. The molecule has 0 bridgehead atoms. The number of pyridine rings is 1. The highest BCUT2D eigenvalue weighted by Gasteiger charge is 2.35. The SMILES string of the molecule is Cc1cc(C)n2nc(C(=O)N3CCC[C@H]3c3nnc4ccccn34)nc2n1. The molecule has 4 aromatic heterocycles. The number of rotatable bonds is 2.